The highest BCUT2D eigenvalue weighted by Crippen LogP contribution is 2.43. The molecule has 0 bridgehead atoms. The molecule has 2 rings (SSSR count). The first-order valence-electron chi connectivity index (χ1n) is 6.14. The molecule has 0 fully saturated rings. The zero-order chi connectivity index (χ0) is 15.1. The van der Waals surface area contributed by atoms with E-state index >= 15 is 0 Å². The Labute approximate surface area is 122 Å². The lowest BCUT2D eigenvalue weighted by molar-refractivity contribution is -0.133. The van der Waals surface area contributed by atoms with Crippen LogP contribution in [0.15, 0.2) is 18.2 Å². The molecule has 0 saturated heterocycles. The van der Waals surface area contributed by atoms with Gasteiger partial charge in [-0.25, -0.2) is 4.42 Å². The Balaban J connectivity index is 2.60. The fourth-order valence-corrected chi connectivity index (χ4v) is 2.49. The van der Waals surface area contributed by atoms with E-state index in [0.29, 0.717) is 16.9 Å². The topological polar surface area (TPSA) is 73.6 Å². The molecule has 0 aromatic heterocycles. The smallest absolute Gasteiger partial charge is 0.234 e. The van der Waals surface area contributed by atoms with E-state index in [1.807, 2.05) is 6.07 Å². The summed E-state index contributed by atoms with van der Waals surface area (Å²) in [6, 6.07) is 6.11. The Morgan fingerprint density at radius 1 is 1.55 bits per heavy atom. The van der Waals surface area contributed by atoms with Crippen molar-refractivity contribution < 1.29 is 14.6 Å². The zero-order valence-electron chi connectivity index (χ0n) is 11.4. The average Bonchev–Trinajstić information content (AvgIpc) is 2.38. The van der Waals surface area contributed by atoms with E-state index < -0.39 is 17.7 Å². The molecule has 0 spiro atoms. The maximum absolute atomic E-state index is 11.5. The van der Waals surface area contributed by atoms with Crippen molar-refractivity contribution in [3.05, 3.63) is 29.3 Å². The number of nitrogens with zero attached hydrogens (tertiary/aromatic N) is 2. The minimum atomic E-state index is -1.01. The third-order valence-electron chi connectivity index (χ3n) is 3.39. The number of ether oxygens (including phenoxy) is 1. The number of carbonyl (C=O) groups excluding carboxylic acids is 1. The minimum absolute atomic E-state index is 0.387. The number of nitriles is 1. The second-order valence-electron chi connectivity index (χ2n) is 5.29. The molecule has 1 amide bonds. The molecule has 0 unspecified atom stereocenters. The van der Waals surface area contributed by atoms with E-state index in [-0.39, 0.29) is 5.91 Å². The zero-order valence-corrected chi connectivity index (χ0v) is 12.2. The molecule has 1 aromatic rings. The van der Waals surface area contributed by atoms with Crippen molar-refractivity contribution in [2.24, 2.45) is 0 Å². The summed E-state index contributed by atoms with van der Waals surface area (Å²) in [6.45, 7) is 4.75. The van der Waals surface area contributed by atoms with Crippen LogP contribution in [0.4, 0.5) is 0 Å². The molecule has 6 heteroatoms. The maximum Gasteiger partial charge on any atom is 0.234 e. The third kappa shape index (κ3) is 2.33. The molecule has 1 aliphatic rings. The van der Waals surface area contributed by atoms with Gasteiger partial charge in [-0.05, 0) is 32.0 Å². The third-order valence-corrected chi connectivity index (χ3v) is 3.84. The number of hydrogen-bond acceptors (Lipinski definition) is 4. The quantitative estimate of drug-likeness (QED) is 0.805. The van der Waals surface area contributed by atoms with Crippen LogP contribution in [0.3, 0.4) is 0 Å². The van der Waals surface area contributed by atoms with E-state index in [0.717, 1.165) is 4.42 Å². The highest BCUT2D eigenvalue weighted by molar-refractivity contribution is 6.21. The second-order valence-corrected chi connectivity index (χ2v) is 5.65. The molecule has 1 N–H and O–H groups in total. The van der Waals surface area contributed by atoms with Crippen molar-refractivity contribution in [2.45, 2.75) is 38.5 Å². The van der Waals surface area contributed by atoms with Crippen LogP contribution in [0.25, 0.3) is 0 Å². The summed E-state index contributed by atoms with van der Waals surface area (Å²) in [5.74, 6) is 0.123. The SMILES string of the molecule is CC(=O)N(Cl)[C@H]1c2cc(C#N)ccc2OC(C)(C)[C@@H]1O. The number of carbonyl (C=O) groups is 1. The predicted octanol–water partition coefficient (Wildman–Crippen LogP) is 2.13. The molecule has 1 aliphatic heterocycles. The van der Waals surface area contributed by atoms with Gasteiger partial charge < -0.3 is 9.84 Å². The maximum atomic E-state index is 11.5. The number of benzene rings is 1. The van der Waals surface area contributed by atoms with Crippen molar-refractivity contribution in [3.8, 4) is 11.8 Å². The molecule has 0 radical (unpaired) electrons. The monoisotopic (exact) mass is 294 g/mol. The molecule has 20 heavy (non-hydrogen) atoms. The van der Waals surface area contributed by atoms with Crippen LogP contribution in [0.1, 0.15) is 37.9 Å². The molecular weight excluding hydrogens is 280 g/mol. The van der Waals surface area contributed by atoms with Gasteiger partial charge >= 0.3 is 0 Å². The van der Waals surface area contributed by atoms with Gasteiger partial charge in [0.1, 0.15) is 23.5 Å². The summed E-state index contributed by atoms with van der Waals surface area (Å²) in [6.07, 6.45) is -1.01. The van der Waals surface area contributed by atoms with Crippen LogP contribution < -0.4 is 4.74 Å². The van der Waals surface area contributed by atoms with Gasteiger partial charge in [0.25, 0.3) is 0 Å². The van der Waals surface area contributed by atoms with Crippen LogP contribution in [0.5, 0.6) is 5.75 Å². The molecule has 0 saturated carbocycles. The predicted molar refractivity (Wildman–Crippen MR) is 73.0 cm³/mol. The summed E-state index contributed by atoms with van der Waals surface area (Å²) < 4.78 is 6.69. The summed E-state index contributed by atoms with van der Waals surface area (Å²) in [7, 11) is 0. The molecule has 106 valence electrons. The minimum Gasteiger partial charge on any atom is -0.485 e. The van der Waals surface area contributed by atoms with Crippen molar-refractivity contribution in [1.82, 2.24) is 4.42 Å². The number of aliphatic hydroxyl groups is 1. The van der Waals surface area contributed by atoms with Gasteiger partial charge in [0, 0.05) is 24.3 Å². The fourth-order valence-electron chi connectivity index (χ4n) is 2.28. The number of hydrogen-bond donors (Lipinski definition) is 1. The molecule has 1 heterocycles. The van der Waals surface area contributed by atoms with E-state index in [1.54, 1.807) is 32.0 Å². The van der Waals surface area contributed by atoms with E-state index in [9.17, 15) is 9.90 Å². The van der Waals surface area contributed by atoms with Gasteiger partial charge in [-0.15, -0.1) is 0 Å². The Morgan fingerprint density at radius 3 is 2.75 bits per heavy atom. The number of halogens is 1. The first kappa shape index (κ1) is 14.6. The second kappa shape index (κ2) is 4.97. The van der Waals surface area contributed by atoms with Crippen LogP contribution >= 0.6 is 11.8 Å². The molecule has 1 aromatic carbocycles. The number of aliphatic hydroxyl groups excluding tert-OH is 1. The lowest BCUT2D eigenvalue weighted by Gasteiger charge is -2.44. The van der Waals surface area contributed by atoms with Crippen molar-refractivity contribution in [2.75, 3.05) is 0 Å². The van der Waals surface area contributed by atoms with Crippen molar-refractivity contribution in [1.29, 1.82) is 5.26 Å². The summed E-state index contributed by atoms with van der Waals surface area (Å²) in [5, 5.41) is 19.4. The molecular formula is C14H15ClN2O3. The van der Waals surface area contributed by atoms with Gasteiger partial charge in [0.15, 0.2) is 0 Å². The largest absolute Gasteiger partial charge is 0.485 e. The fraction of sp³-hybridized carbons (Fsp3) is 0.429. The number of rotatable bonds is 1. The number of fused-ring (bicyclic) bond motifs is 1. The van der Waals surface area contributed by atoms with E-state index in [2.05, 4.69) is 0 Å². The van der Waals surface area contributed by atoms with Crippen LogP contribution in [0.2, 0.25) is 0 Å². The van der Waals surface area contributed by atoms with Gasteiger partial charge in [-0.3, -0.25) is 4.79 Å². The Morgan fingerprint density at radius 2 is 2.20 bits per heavy atom. The Hall–Kier alpha value is -1.77. The van der Waals surface area contributed by atoms with Gasteiger partial charge in [0.05, 0.1) is 11.6 Å². The molecule has 2 atom stereocenters. The van der Waals surface area contributed by atoms with Crippen molar-refractivity contribution >= 4 is 17.7 Å². The molecule has 0 aliphatic carbocycles. The first-order chi connectivity index (χ1) is 9.27. The van der Waals surface area contributed by atoms with Gasteiger partial charge in [0.2, 0.25) is 5.91 Å². The van der Waals surface area contributed by atoms with Crippen LogP contribution in [0, 0.1) is 11.3 Å². The lowest BCUT2D eigenvalue weighted by atomic mass is 9.86. The normalized spacial score (nSPS) is 23.2. The van der Waals surface area contributed by atoms with Crippen molar-refractivity contribution in [3.63, 3.8) is 0 Å². The summed E-state index contributed by atoms with van der Waals surface area (Å²) in [5.41, 5.74) is 0.0490. The average molecular weight is 295 g/mol. The van der Waals surface area contributed by atoms with Crippen LogP contribution in [-0.4, -0.2) is 27.1 Å². The number of amides is 1. The standard InChI is InChI=1S/C14H15ClN2O3/c1-8(18)17(15)12-10-6-9(7-16)4-5-11(10)20-14(2,3)13(12)19/h4-6,12-13,19H,1-3H3/t12-,13+/m0/s1. The van der Waals surface area contributed by atoms with Gasteiger partial charge in [-0.2, -0.15) is 5.26 Å². The Kier molecular flexibility index (Phi) is 3.63. The Bertz CT molecular complexity index is 595. The highest BCUT2D eigenvalue weighted by Gasteiger charge is 2.46. The van der Waals surface area contributed by atoms with Crippen LogP contribution in [-0.2, 0) is 4.79 Å². The summed E-state index contributed by atoms with van der Waals surface area (Å²) in [4.78, 5) is 11.5. The summed E-state index contributed by atoms with van der Waals surface area (Å²) >= 11 is 6.03. The first-order valence-corrected chi connectivity index (χ1v) is 6.48. The highest BCUT2D eigenvalue weighted by atomic mass is 35.5. The lowest BCUT2D eigenvalue weighted by Crippen LogP contribution is -2.52. The van der Waals surface area contributed by atoms with Gasteiger partial charge in [-0.1, -0.05) is 0 Å². The van der Waals surface area contributed by atoms with E-state index in [1.165, 1.54) is 6.92 Å². The van der Waals surface area contributed by atoms with E-state index in [4.69, 9.17) is 21.8 Å². The molecule has 5 nitrogen and oxygen atoms in total.